The molecule has 1 heterocycles. The van der Waals surface area contributed by atoms with Gasteiger partial charge in [-0.3, -0.25) is 9.59 Å². The summed E-state index contributed by atoms with van der Waals surface area (Å²) < 4.78 is 15.0. The van der Waals surface area contributed by atoms with Crippen LogP contribution < -0.4 is 10.7 Å². The molecule has 0 radical (unpaired) electrons. The molecule has 128 valence electrons. The van der Waals surface area contributed by atoms with E-state index in [0.29, 0.717) is 10.5 Å². The van der Waals surface area contributed by atoms with Gasteiger partial charge in [0.05, 0.1) is 11.6 Å². The Morgan fingerprint density at radius 2 is 1.92 bits per heavy atom. The van der Waals surface area contributed by atoms with Crippen molar-refractivity contribution in [1.29, 1.82) is 0 Å². The second-order valence-electron chi connectivity index (χ2n) is 5.81. The number of aromatic nitrogens is 1. The molecule has 0 fully saturated rings. The average Bonchev–Trinajstić information content (AvgIpc) is 2.58. The first-order valence-electron chi connectivity index (χ1n) is 7.77. The molecule has 0 aliphatic carbocycles. The van der Waals surface area contributed by atoms with Gasteiger partial charge in [-0.25, -0.2) is 4.39 Å². The number of carbonyl (C=O) groups excluding carboxylic acids is 1. The van der Waals surface area contributed by atoms with Crippen molar-refractivity contribution in [3.8, 4) is 0 Å². The van der Waals surface area contributed by atoms with E-state index in [4.69, 9.17) is 11.6 Å². The fourth-order valence-corrected chi connectivity index (χ4v) is 2.82. The molecule has 0 unspecified atom stereocenters. The molecular formula is C19H16ClFN2O2. The number of hydrogen-bond donors (Lipinski definition) is 1. The highest BCUT2D eigenvalue weighted by atomic mass is 35.5. The van der Waals surface area contributed by atoms with E-state index >= 15 is 0 Å². The summed E-state index contributed by atoms with van der Waals surface area (Å²) in [6.45, 7) is 1.90. The fourth-order valence-electron chi connectivity index (χ4n) is 2.70. The second kappa shape index (κ2) is 7.07. The minimum atomic E-state index is -0.483. The lowest BCUT2D eigenvalue weighted by Gasteiger charge is -2.16. The highest BCUT2D eigenvalue weighted by Crippen LogP contribution is 2.16. The summed E-state index contributed by atoms with van der Waals surface area (Å²) >= 11 is 5.87. The average molecular weight is 359 g/mol. The lowest BCUT2D eigenvalue weighted by Crippen LogP contribution is -2.30. The third-order valence-corrected chi connectivity index (χ3v) is 4.25. The van der Waals surface area contributed by atoms with Crippen LogP contribution in [-0.4, -0.2) is 10.5 Å². The Morgan fingerprint density at radius 1 is 1.20 bits per heavy atom. The van der Waals surface area contributed by atoms with Crippen LogP contribution in [0.25, 0.3) is 10.9 Å². The minimum Gasteiger partial charge on any atom is -0.348 e. The number of carbonyl (C=O) groups is 1. The van der Waals surface area contributed by atoms with Crippen LogP contribution in [0, 0.1) is 5.82 Å². The molecule has 0 bridgehead atoms. The normalized spacial score (nSPS) is 12.1. The van der Waals surface area contributed by atoms with Crippen molar-refractivity contribution in [2.24, 2.45) is 0 Å². The van der Waals surface area contributed by atoms with E-state index < -0.39 is 5.82 Å². The Balaban J connectivity index is 1.79. The Morgan fingerprint density at radius 3 is 2.64 bits per heavy atom. The van der Waals surface area contributed by atoms with Crippen LogP contribution in [0.3, 0.4) is 0 Å². The number of halogens is 2. The predicted molar refractivity (Wildman–Crippen MR) is 96.2 cm³/mol. The molecular weight excluding hydrogens is 343 g/mol. The van der Waals surface area contributed by atoms with Crippen LogP contribution in [0.4, 0.5) is 4.39 Å². The maximum atomic E-state index is 13.4. The van der Waals surface area contributed by atoms with E-state index in [1.54, 1.807) is 16.7 Å². The quantitative estimate of drug-likeness (QED) is 0.773. The third-order valence-electron chi connectivity index (χ3n) is 4.00. The summed E-state index contributed by atoms with van der Waals surface area (Å²) in [5.74, 6) is -0.695. The third kappa shape index (κ3) is 3.88. The molecule has 1 amide bonds. The Kier molecular flexibility index (Phi) is 4.86. The number of rotatable bonds is 4. The first-order chi connectivity index (χ1) is 11.9. The lowest BCUT2D eigenvalue weighted by molar-refractivity contribution is -0.122. The molecule has 6 heteroatoms. The van der Waals surface area contributed by atoms with Gasteiger partial charge < -0.3 is 9.88 Å². The van der Waals surface area contributed by atoms with Crippen LogP contribution in [-0.2, 0) is 11.3 Å². The van der Waals surface area contributed by atoms with Gasteiger partial charge in [-0.2, -0.15) is 0 Å². The number of benzene rings is 2. The molecule has 1 aromatic heterocycles. The summed E-state index contributed by atoms with van der Waals surface area (Å²) in [6.07, 6.45) is 1.54. The maximum absolute atomic E-state index is 13.4. The van der Waals surface area contributed by atoms with Gasteiger partial charge >= 0.3 is 0 Å². The van der Waals surface area contributed by atoms with Crippen molar-refractivity contribution < 1.29 is 9.18 Å². The Bertz CT molecular complexity index is 983. The van der Waals surface area contributed by atoms with E-state index in [0.717, 1.165) is 5.56 Å². The number of fused-ring (bicyclic) bond motifs is 1. The predicted octanol–water partition coefficient (Wildman–Crippen LogP) is 3.67. The van der Waals surface area contributed by atoms with Gasteiger partial charge in [0.15, 0.2) is 5.43 Å². The zero-order valence-corrected chi connectivity index (χ0v) is 14.3. The van der Waals surface area contributed by atoms with Crippen LogP contribution in [0.15, 0.2) is 59.5 Å². The van der Waals surface area contributed by atoms with Gasteiger partial charge in [-0.15, -0.1) is 0 Å². The highest BCUT2D eigenvalue weighted by Gasteiger charge is 2.12. The Labute approximate surface area is 148 Å². The van der Waals surface area contributed by atoms with Gasteiger partial charge in [-0.1, -0.05) is 23.7 Å². The van der Waals surface area contributed by atoms with E-state index in [-0.39, 0.29) is 29.3 Å². The van der Waals surface area contributed by atoms with Crippen molar-refractivity contribution in [2.75, 3.05) is 0 Å². The zero-order chi connectivity index (χ0) is 18.0. The first kappa shape index (κ1) is 17.2. The summed E-state index contributed by atoms with van der Waals surface area (Å²) in [7, 11) is 0. The van der Waals surface area contributed by atoms with Crippen LogP contribution in [0.1, 0.15) is 18.5 Å². The number of hydrogen-bond acceptors (Lipinski definition) is 2. The lowest BCUT2D eigenvalue weighted by atomic mass is 10.1. The fraction of sp³-hybridized carbons (Fsp3) is 0.158. The zero-order valence-electron chi connectivity index (χ0n) is 13.5. The van der Waals surface area contributed by atoms with Crippen molar-refractivity contribution in [1.82, 2.24) is 9.88 Å². The van der Waals surface area contributed by atoms with E-state index in [1.807, 2.05) is 19.1 Å². The van der Waals surface area contributed by atoms with Gasteiger partial charge in [-0.05, 0) is 42.8 Å². The number of nitrogens with zero attached hydrogens (tertiary/aromatic N) is 1. The summed E-state index contributed by atoms with van der Waals surface area (Å²) in [6, 6.07) is 12.3. The number of nitrogens with one attached hydrogen (secondary N) is 1. The topological polar surface area (TPSA) is 51.1 Å². The maximum Gasteiger partial charge on any atom is 0.240 e. The van der Waals surface area contributed by atoms with Crippen molar-refractivity contribution in [2.45, 2.75) is 19.5 Å². The molecule has 3 rings (SSSR count). The molecule has 1 N–H and O–H groups in total. The summed E-state index contributed by atoms with van der Waals surface area (Å²) in [5, 5.41) is 3.78. The standard InChI is InChI=1S/C19H16ClFN2O2/c1-12(13-2-4-14(20)5-3-13)22-19(25)11-23-9-8-18(24)16-10-15(21)6-7-17(16)23/h2-10,12H,11H2,1H3,(H,22,25)/t12-/m1/s1. The molecule has 1 atom stereocenters. The van der Waals surface area contributed by atoms with Gasteiger partial charge in [0.2, 0.25) is 5.91 Å². The van der Waals surface area contributed by atoms with Gasteiger partial charge in [0.1, 0.15) is 12.4 Å². The molecule has 0 saturated heterocycles. The molecule has 0 aliphatic rings. The number of amides is 1. The molecule has 2 aromatic carbocycles. The summed E-state index contributed by atoms with van der Waals surface area (Å²) in [5.41, 5.74) is 1.17. The smallest absolute Gasteiger partial charge is 0.240 e. The van der Waals surface area contributed by atoms with Crippen molar-refractivity contribution in [3.05, 3.63) is 81.4 Å². The van der Waals surface area contributed by atoms with E-state index in [2.05, 4.69) is 5.32 Å². The summed E-state index contributed by atoms with van der Waals surface area (Å²) in [4.78, 5) is 24.2. The van der Waals surface area contributed by atoms with Gasteiger partial charge in [0.25, 0.3) is 0 Å². The van der Waals surface area contributed by atoms with Crippen LogP contribution in [0.2, 0.25) is 5.02 Å². The van der Waals surface area contributed by atoms with Crippen LogP contribution >= 0.6 is 11.6 Å². The van der Waals surface area contributed by atoms with E-state index in [1.165, 1.54) is 30.5 Å². The van der Waals surface area contributed by atoms with E-state index in [9.17, 15) is 14.0 Å². The first-order valence-corrected chi connectivity index (χ1v) is 8.15. The highest BCUT2D eigenvalue weighted by molar-refractivity contribution is 6.30. The molecule has 0 aliphatic heterocycles. The molecule has 25 heavy (non-hydrogen) atoms. The molecule has 0 saturated carbocycles. The molecule has 0 spiro atoms. The number of pyridine rings is 1. The molecule has 4 nitrogen and oxygen atoms in total. The van der Waals surface area contributed by atoms with Crippen molar-refractivity contribution in [3.63, 3.8) is 0 Å². The minimum absolute atomic E-state index is 0.0281. The Hall–Kier alpha value is -2.66. The molecule has 3 aromatic rings. The van der Waals surface area contributed by atoms with Crippen molar-refractivity contribution >= 4 is 28.4 Å². The monoisotopic (exact) mass is 358 g/mol. The SMILES string of the molecule is C[C@@H](NC(=O)Cn1ccc(=O)c2cc(F)ccc21)c1ccc(Cl)cc1. The van der Waals surface area contributed by atoms with Crippen LogP contribution in [0.5, 0.6) is 0 Å². The largest absolute Gasteiger partial charge is 0.348 e. The second-order valence-corrected chi connectivity index (χ2v) is 6.25. The van der Waals surface area contributed by atoms with Gasteiger partial charge in [0, 0.05) is 22.7 Å².